The maximum absolute atomic E-state index is 11.1. The van der Waals surface area contributed by atoms with Crippen molar-refractivity contribution in [2.45, 2.75) is 24.9 Å². The summed E-state index contributed by atoms with van der Waals surface area (Å²) in [6, 6.07) is -3.29. The second kappa shape index (κ2) is 8.43. The van der Waals surface area contributed by atoms with Gasteiger partial charge in [-0.1, -0.05) is 0 Å². The van der Waals surface area contributed by atoms with Crippen LogP contribution in [0.2, 0.25) is 0 Å². The van der Waals surface area contributed by atoms with E-state index in [9.17, 15) is 28.8 Å². The van der Waals surface area contributed by atoms with Crippen molar-refractivity contribution in [3.05, 3.63) is 0 Å². The summed E-state index contributed by atoms with van der Waals surface area (Å²) in [5.41, 5.74) is 9.96. The number of carboxylic acids is 2. The van der Waals surface area contributed by atoms with Gasteiger partial charge < -0.3 is 31.2 Å². The molecule has 122 valence electrons. The first kappa shape index (κ1) is 19.1. The van der Waals surface area contributed by atoms with Crippen LogP contribution in [-0.2, 0) is 38.2 Å². The van der Waals surface area contributed by atoms with Gasteiger partial charge in [-0.25, -0.2) is 9.59 Å². The highest BCUT2D eigenvalue weighted by Crippen LogP contribution is 1.97. The number of nitrogens with two attached hydrogens (primary N) is 2. The fraction of sp³-hybridized carbons (Fsp3) is 0.400. The molecule has 0 aliphatic rings. The van der Waals surface area contributed by atoms with E-state index in [1.54, 1.807) is 0 Å². The third kappa shape index (κ3) is 7.06. The number of esters is 4. The molecule has 0 aromatic heterocycles. The van der Waals surface area contributed by atoms with Crippen LogP contribution < -0.4 is 11.5 Å². The summed E-state index contributed by atoms with van der Waals surface area (Å²) in [4.78, 5) is 64.9. The summed E-state index contributed by atoms with van der Waals surface area (Å²) >= 11 is 0. The molecule has 0 heterocycles. The number of hydrogen-bond acceptors (Lipinski definition) is 10. The van der Waals surface area contributed by atoms with Gasteiger partial charge in [0, 0.05) is 0 Å². The number of carbonyl (C=O) groups is 6. The molecule has 0 aromatic rings. The van der Waals surface area contributed by atoms with Gasteiger partial charge in [0.2, 0.25) is 0 Å². The summed E-state index contributed by atoms with van der Waals surface area (Å²) in [7, 11) is 0. The lowest BCUT2D eigenvalue weighted by molar-refractivity contribution is -0.178. The number of ether oxygens (including phenoxy) is 2. The van der Waals surface area contributed by atoms with Gasteiger partial charge in [0.05, 0.1) is 12.8 Å². The Labute approximate surface area is 121 Å². The van der Waals surface area contributed by atoms with Gasteiger partial charge in [-0.15, -0.1) is 0 Å². The molecule has 0 fully saturated rings. The molecule has 2 atom stereocenters. The van der Waals surface area contributed by atoms with E-state index in [0.717, 1.165) is 0 Å². The van der Waals surface area contributed by atoms with Crippen LogP contribution >= 0.6 is 0 Å². The van der Waals surface area contributed by atoms with E-state index in [4.69, 9.17) is 21.7 Å². The minimum atomic E-state index is -1.89. The Bertz CT molecular complexity index is 468. The molecule has 0 saturated carbocycles. The fourth-order valence-electron chi connectivity index (χ4n) is 0.907. The molecule has 0 amide bonds. The van der Waals surface area contributed by atoms with Crippen molar-refractivity contribution < 1.29 is 48.5 Å². The van der Waals surface area contributed by atoms with E-state index >= 15 is 0 Å². The molecular formula is C10H12N2O10. The van der Waals surface area contributed by atoms with Gasteiger partial charge in [0.15, 0.2) is 0 Å². The normalized spacial score (nSPS) is 12.6. The monoisotopic (exact) mass is 320 g/mol. The topological polar surface area (TPSA) is 213 Å². The van der Waals surface area contributed by atoms with Crippen LogP contribution in [-0.4, -0.2) is 58.1 Å². The third-order valence-electron chi connectivity index (χ3n) is 1.99. The Morgan fingerprint density at radius 3 is 1.23 bits per heavy atom. The van der Waals surface area contributed by atoms with Crippen molar-refractivity contribution in [1.82, 2.24) is 0 Å². The Hall–Kier alpha value is -2.86. The minimum absolute atomic E-state index is 0.897. The molecule has 0 saturated heterocycles. The molecule has 0 bridgehead atoms. The number of carboxylic acid groups (broad SMARTS) is 2. The predicted octanol–water partition coefficient (Wildman–Crippen LogP) is -3.27. The molecule has 12 heteroatoms. The largest absolute Gasteiger partial charge is 0.480 e. The first-order valence-electron chi connectivity index (χ1n) is 5.51. The Morgan fingerprint density at radius 1 is 0.727 bits per heavy atom. The standard InChI is InChI=1S/C10H12N2O10/c11-3(7(15)16)1-5(13)21-9(19)10(20)22-6(14)2-4(12)8(17)18/h3-4H,1-2,11-12H2,(H,15,16)(H,17,18)/t3-,4-/m0/s1. The molecular weight excluding hydrogens is 308 g/mol. The lowest BCUT2D eigenvalue weighted by Gasteiger charge is -2.06. The molecule has 0 aliphatic heterocycles. The number of rotatable bonds is 6. The lowest BCUT2D eigenvalue weighted by Crippen LogP contribution is -2.36. The summed E-state index contributed by atoms with van der Waals surface area (Å²) in [6.45, 7) is 0. The minimum Gasteiger partial charge on any atom is -0.480 e. The van der Waals surface area contributed by atoms with Crippen LogP contribution in [0.4, 0.5) is 0 Å². The summed E-state index contributed by atoms with van der Waals surface area (Å²) in [5.74, 6) is -9.70. The van der Waals surface area contributed by atoms with Crippen LogP contribution in [0.25, 0.3) is 0 Å². The van der Waals surface area contributed by atoms with E-state index in [0.29, 0.717) is 0 Å². The molecule has 12 nitrogen and oxygen atoms in total. The zero-order valence-electron chi connectivity index (χ0n) is 10.9. The van der Waals surface area contributed by atoms with Crippen molar-refractivity contribution in [3.63, 3.8) is 0 Å². The van der Waals surface area contributed by atoms with Crippen molar-refractivity contribution in [2.75, 3.05) is 0 Å². The third-order valence-corrected chi connectivity index (χ3v) is 1.99. The molecule has 0 rings (SSSR count). The number of carbonyl (C=O) groups excluding carboxylic acids is 4. The highest BCUT2D eigenvalue weighted by atomic mass is 16.6. The molecule has 0 aromatic carbocycles. The second-order valence-electron chi connectivity index (χ2n) is 3.82. The zero-order valence-corrected chi connectivity index (χ0v) is 10.9. The van der Waals surface area contributed by atoms with Crippen LogP contribution in [0.1, 0.15) is 12.8 Å². The van der Waals surface area contributed by atoms with E-state index in [1.165, 1.54) is 0 Å². The van der Waals surface area contributed by atoms with Gasteiger partial charge in [-0.3, -0.25) is 19.2 Å². The van der Waals surface area contributed by atoms with Crippen molar-refractivity contribution in [2.24, 2.45) is 11.5 Å². The van der Waals surface area contributed by atoms with Crippen molar-refractivity contribution >= 4 is 35.8 Å². The Kier molecular flexibility index (Phi) is 7.34. The average Bonchev–Trinajstić information content (AvgIpc) is 2.37. The molecule has 0 unspecified atom stereocenters. The number of hydrogen-bond donors (Lipinski definition) is 4. The second-order valence-corrected chi connectivity index (χ2v) is 3.82. The van der Waals surface area contributed by atoms with E-state index in [2.05, 4.69) is 9.47 Å². The first-order valence-corrected chi connectivity index (χ1v) is 5.51. The molecule has 0 aliphatic carbocycles. The molecule has 6 N–H and O–H groups in total. The SMILES string of the molecule is N[C@@H](CC(=O)OC(=O)C(=O)OC(=O)C[C@H](N)C(=O)O)C(=O)O. The van der Waals surface area contributed by atoms with Gasteiger partial charge in [-0.05, 0) is 0 Å². The maximum Gasteiger partial charge on any atom is 0.425 e. The van der Waals surface area contributed by atoms with Crippen LogP contribution in [0, 0.1) is 0 Å². The first-order chi connectivity index (χ1) is 10.0. The van der Waals surface area contributed by atoms with E-state index < -0.39 is 60.7 Å². The lowest BCUT2D eigenvalue weighted by atomic mass is 10.2. The highest BCUT2D eigenvalue weighted by Gasteiger charge is 2.27. The highest BCUT2D eigenvalue weighted by molar-refractivity contribution is 6.33. The molecule has 22 heavy (non-hydrogen) atoms. The maximum atomic E-state index is 11.1. The predicted molar refractivity (Wildman–Crippen MR) is 62.7 cm³/mol. The van der Waals surface area contributed by atoms with Crippen LogP contribution in [0.5, 0.6) is 0 Å². The summed E-state index contributed by atoms with van der Waals surface area (Å²) < 4.78 is 7.78. The van der Waals surface area contributed by atoms with Crippen molar-refractivity contribution in [1.29, 1.82) is 0 Å². The van der Waals surface area contributed by atoms with Gasteiger partial charge in [-0.2, -0.15) is 0 Å². The van der Waals surface area contributed by atoms with Crippen LogP contribution in [0.3, 0.4) is 0 Å². The number of aliphatic carboxylic acids is 2. The fourth-order valence-corrected chi connectivity index (χ4v) is 0.907. The van der Waals surface area contributed by atoms with Crippen LogP contribution in [0.15, 0.2) is 0 Å². The Balaban J connectivity index is 4.35. The van der Waals surface area contributed by atoms with Gasteiger partial charge in [0.25, 0.3) is 0 Å². The van der Waals surface area contributed by atoms with E-state index in [1.807, 2.05) is 0 Å². The average molecular weight is 320 g/mol. The zero-order chi connectivity index (χ0) is 17.4. The summed E-state index contributed by atoms with van der Waals surface area (Å²) in [6.07, 6.45) is -1.79. The van der Waals surface area contributed by atoms with Gasteiger partial charge in [0.1, 0.15) is 12.1 Å². The smallest absolute Gasteiger partial charge is 0.425 e. The quantitative estimate of drug-likeness (QED) is 0.215. The molecule has 0 radical (unpaired) electrons. The molecule has 0 spiro atoms. The van der Waals surface area contributed by atoms with Crippen molar-refractivity contribution in [3.8, 4) is 0 Å². The van der Waals surface area contributed by atoms with E-state index in [-0.39, 0.29) is 0 Å². The van der Waals surface area contributed by atoms with Gasteiger partial charge >= 0.3 is 35.8 Å². The summed E-state index contributed by atoms with van der Waals surface area (Å²) in [5, 5.41) is 16.8. The Morgan fingerprint density at radius 2 is 1.00 bits per heavy atom.